The quantitative estimate of drug-likeness (QED) is 0.529. The second-order valence-electron chi connectivity index (χ2n) is 5.53. The normalized spacial score (nSPS) is 10.9. The average molecular weight is 323 g/mol. The predicted molar refractivity (Wildman–Crippen MR) is 93.0 cm³/mol. The molecule has 3 aromatic rings. The second kappa shape index (κ2) is 6.62. The van der Waals surface area contributed by atoms with Crippen molar-refractivity contribution in [1.82, 2.24) is 9.55 Å². The molecule has 0 amide bonds. The van der Waals surface area contributed by atoms with E-state index in [1.807, 2.05) is 13.0 Å². The lowest BCUT2D eigenvalue weighted by Gasteiger charge is -2.13. The molecular weight excluding hydrogens is 306 g/mol. The number of hydrogen-bond acceptors (Lipinski definition) is 4. The Morgan fingerprint density at radius 2 is 1.92 bits per heavy atom. The first-order valence-corrected chi connectivity index (χ1v) is 7.86. The predicted octanol–water partition coefficient (Wildman–Crippen LogP) is 3.77. The molecule has 2 aromatic heterocycles. The number of benzene rings is 1. The highest BCUT2D eigenvalue weighted by Crippen LogP contribution is 2.33. The molecule has 0 fully saturated rings. The van der Waals surface area contributed by atoms with Crippen LogP contribution in [-0.4, -0.2) is 14.5 Å². The van der Waals surface area contributed by atoms with E-state index < -0.39 is 16.2 Å². The summed E-state index contributed by atoms with van der Waals surface area (Å²) in [6.07, 6.45) is 3.24. The van der Waals surface area contributed by atoms with Gasteiger partial charge in [0.05, 0.1) is 10.5 Å². The van der Waals surface area contributed by atoms with Gasteiger partial charge in [0.15, 0.2) is 0 Å². The molecule has 0 spiro atoms. The Bertz CT molecular complexity index is 949. The molecule has 0 aliphatic rings. The van der Waals surface area contributed by atoms with Crippen LogP contribution in [0.15, 0.2) is 53.5 Å². The smallest absolute Gasteiger partial charge is 0.287 e. The summed E-state index contributed by atoms with van der Waals surface area (Å²) in [4.78, 5) is 28.2. The zero-order valence-corrected chi connectivity index (χ0v) is 13.3. The highest BCUT2D eigenvalue weighted by molar-refractivity contribution is 5.97. The molecule has 0 unspecified atom stereocenters. The first kappa shape index (κ1) is 15.9. The molecule has 24 heavy (non-hydrogen) atoms. The van der Waals surface area contributed by atoms with Gasteiger partial charge in [0.2, 0.25) is 0 Å². The SMILES string of the molecule is CCCCn1c(=O)c([N+](=O)[O-])c(-c2ccccc2)c2cccnc21. The Morgan fingerprint density at radius 1 is 1.17 bits per heavy atom. The van der Waals surface area contributed by atoms with Gasteiger partial charge < -0.3 is 0 Å². The van der Waals surface area contributed by atoms with Crippen LogP contribution in [-0.2, 0) is 6.54 Å². The number of aromatic nitrogens is 2. The topological polar surface area (TPSA) is 78.0 Å². The summed E-state index contributed by atoms with van der Waals surface area (Å²) in [6.45, 7) is 2.42. The van der Waals surface area contributed by atoms with Crippen LogP contribution in [0.2, 0.25) is 0 Å². The van der Waals surface area contributed by atoms with Gasteiger partial charge in [-0.1, -0.05) is 43.7 Å². The summed E-state index contributed by atoms with van der Waals surface area (Å²) < 4.78 is 1.42. The molecule has 0 aliphatic carbocycles. The third kappa shape index (κ3) is 2.67. The minimum Gasteiger partial charge on any atom is -0.287 e. The maximum atomic E-state index is 12.8. The fourth-order valence-electron chi connectivity index (χ4n) is 2.86. The van der Waals surface area contributed by atoms with Crippen LogP contribution in [0.4, 0.5) is 5.69 Å². The lowest BCUT2D eigenvalue weighted by atomic mass is 10.0. The summed E-state index contributed by atoms with van der Waals surface area (Å²) in [5, 5.41) is 12.3. The summed E-state index contributed by atoms with van der Waals surface area (Å²) in [5.74, 6) is 0. The van der Waals surface area contributed by atoms with E-state index in [-0.39, 0.29) is 0 Å². The van der Waals surface area contributed by atoms with Gasteiger partial charge in [-0.15, -0.1) is 0 Å². The highest BCUT2D eigenvalue weighted by Gasteiger charge is 2.26. The van der Waals surface area contributed by atoms with Gasteiger partial charge in [-0.3, -0.25) is 19.5 Å². The van der Waals surface area contributed by atoms with Crippen LogP contribution in [0, 0.1) is 10.1 Å². The van der Waals surface area contributed by atoms with Gasteiger partial charge in [0.1, 0.15) is 5.65 Å². The van der Waals surface area contributed by atoms with Crippen molar-refractivity contribution in [2.45, 2.75) is 26.3 Å². The minimum atomic E-state index is -0.599. The fraction of sp³-hybridized carbons (Fsp3) is 0.222. The van der Waals surface area contributed by atoms with Gasteiger partial charge in [-0.05, 0) is 24.1 Å². The van der Waals surface area contributed by atoms with Crippen molar-refractivity contribution in [3.63, 3.8) is 0 Å². The molecule has 0 aliphatic heterocycles. The lowest BCUT2D eigenvalue weighted by Crippen LogP contribution is -2.25. The summed E-state index contributed by atoms with van der Waals surface area (Å²) >= 11 is 0. The third-order valence-electron chi connectivity index (χ3n) is 3.98. The van der Waals surface area contributed by atoms with Gasteiger partial charge in [0.25, 0.3) is 0 Å². The monoisotopic (exact) mass is 323 g/mol. The first-order chi connectivity index (χ1) is 11.6. The van der Waals surface area contributed by atoms with E-state index in [4.69, 9.17) is 0 Å². The van der Waals surface area contributed by atoms with Crippen molar-refractivity contribution in [2.24, 2.45) is 0 Å². The molecule has 122 valence electrons. The van der Waals surface area contributed by atoms with Crippen molar-refractivity contribution >= 4 is 16.7 Å². The van der Waals surface area contributed by atoms with Gasteiger partial charge in [0, 0.05) is 18.1 Å². The van der Waals surface area contributed by atoms with Gasteiger partial charge in [-0.2, -0.15) is 0 Å². The van der Waals surface area contributed by atoms with Gasteiger partial charge >= 0.3 is 11.2 Å². The van der Waals surface area contributed by atoms with E-state index in [1.54, 1.807) is 42.6 Å². The van der Waals surface area contributed by atoms with E-state index in [1.165, 1.54) is 4.57 Å². The molecule has 1 aromatic carbocycles. The summed E-state index contributed by atoms with van der Waals surface area (Å²) in [7, 11) is 0. The largest absolute Gasteiger partial charge is 0.342 e. The minimum absolute atomic E-state index is 0.335. The number of hydrogen-bond donors (Lipinski definition) is 0. The number of nitrogens with zero attached hydrogens (tertiary/aromatic N) is 3. The maximum absolute atomic E-state index is 12.8. The molecule has 0 saturated heterocycles. The Labute approximate surface area is 138 Å². The molecule has 0 radical (unpaired) electrons. The van der Waals surface area contributed by atoms with Crippen LogP contribution < -0.4 is 5.56 Å². The summed E-state index contributed by atoms with van der Waals surface area (Å²) in [5.41, 5.74) is 0.472. The number of aryl methyl sites for hydroxylation is 1. The first-order valence-electron chi connectivity index (χ1n) is 7.86. The Morgan fingerprint density at radius 3 is 2.58 bits per heavy atom. The Hall–Kier alpha value is -3.02. The Balaban J connectivity index is 2.45. The molecule has 6 heteroatoms. The van der Waals surface area contributed by atoms with E-state index in [0.29, 0.717) is 28.7 Å². The number of pyridine rings is 2. The van der Waals surface area contributed by atoms with Crippen LogP contribution in [0.25, 0.3) is 22.2 Å². The van der Waals surface area contributed by atoms with E-state index >= 15 is 0 Å². The molecule has 0 atom stereocenters. The van der Waals surface area contributed by atoms with Crippen molar-refractivity contribution in [2.75, 3.05) is 0 Å². The van der Waals surface area contributed by atoms with Crippen LogP contribution in [0.5, 0.6) is 0 Å². The van der Waals surface area contributed by atoms with Crippen molar-refractivity contribution < 1.29 is 4.92 Å². The number of nitro groups is 1. The molecule has 6 nitrogen and oxygen atoms in total. The maximum Gasteiger partial charge on any atom is 0.342 e. The van der Waals surface area contributed by atoms with Crippen molar-refractivity contribution in [1.29, 1.82) is 0 Å². The van der Waals surface area contributed by atoms with Crippen LogP contribution in [0.3, 0.4) is 0 Å². The van der Waals surface area contributed by atoms with E-state index in [9.17, 15) is 14.9 Å². The molecule has 3 rings (SSSR count). The highest BCUT2D eigenvalue weighted by atomic mass is 16.6. The van der Waals surface area contributed by atoms with E-state index in [2.05, 4.69) is 4.98 Å². The van der Waals surface area contributed by atoms with Crippen molar-refractivity contribution in [3.05, 3.63) is 69.1 Å². The molecular formula is C18H17N3O3. The van der Waals surface area contributed by atoms with Gasteiger partial charge in [-0.25, -0.2) is 4.98 Å². The molecule has 0 bridgehead atoms. The number of unbranched alkanes of at least 4 members (excludes halogenated alkanes) is 1. The van der Waals surface area contributed by atoms with Crippen molar-refractivity contribution in [3.8, 4) is 11.1 Å². The fourth-order valence-corrected chi connectivity index (χ4v) is 2.86. The van der Waals surface area contributed by atoms with Crippen LogP contribution in [0.1, 0.15) is 19.8 Å². The zero-order chi connectivity index (χ0) is 17.1. The Kier molecular flexibility index (Phi) is 4.37. The zero-order valence-electron chi connectivity index (χ0n) is 13.3. The molecule has 2 heterocycles. The lowest BCUT2D eigenvalue weighted by molar-refractivity contribution is -0.385. The van der Waals surface area contributed by atoms with E-state index in [0.717, 1.165) is 12.8 Å². The second-order valence-corrected chi connectivity index (χ2v) is 5.53. The molecule has 0 saturated carbocycles. The number of fused-ring (bicyclic) bond motifs is 1. The number of rotatable bonds is 5. The molecule has 0 N–H and O–H groups in total. The summed E-state index contributed by atoms with van der Waals surface area (Å²) in [6, 6.07) is 12.5. The van der Waals surface area contributed by atoms with Crippen LogP contribution >= 0.6 is 0 Å². The average Bonchev–Trinajstić information content (AvgIpc) is 2.60. The standard InChI is InChI=1S/C18H17N3O3/c1-2-3-12-20-17-14(10-7-11-19-17)15(13-8-5-4-6-9-13)16(18(20)22)21(23)24/h4-11H,2-3,12H2,1H3. The third-order valence-corrected chi connectivity index (χ3v) is 3.98.